The Morgan fingerprint density at radius 3 is 2.91 bits per heavy atom. The molecule has 124 valence electrons. The summed E-state index contributed by atoms with van der Waals surface area (Å²) in [7, 11) is 2.98. The lowest BCUT2D eigenvalue weighted by Crippen LogP contribution is -2.58. The number of fused-ring (bicyclic) bond motifs is 4. The van der Waals surface area contributed by atoms with Crippen molar-refractivity contribution in [1.82, 2.24) is 10.3 Å². The third-order valence-corrected chi connectivity index (χ3v) is 4.96. The van der Waals surface area contributed by atoms with E-state index in [-0.39, 0.29) is 12.0 Å². The standard InChI is InChI=1S/C17H23N3O3/c1-4-12-10-7-11(18)9-17(12,20-16(21)23-3)13-5-6-15(22-2)19-14(13)8-10/h4-6,10-11H,7-9,18H2,1-3H3,(H,20,21)/t10-,11+,17+/m1/s1. The highest BCUT2D eigenvalue weighted by Crippen LogP contribution is 2.50. The number of pyridine rings is 1. The van der Waals surface area contributed by atoms with Gasteiger partial charge in [0.1, 0.15) is 0 Å². The topological polar surface area (TPSA) is 86.5 Å². The van der Waals surface area contributed by atoms with Gasteiger partial charge in [0.2, 0.25) is 5.88 Å². The third kappa shape index (κ3) is 2.47. The molecule has 0 unspecified atom stereocenters. The second-order valence-electron chi connectivity index (χ2n) is 6.21. The molecule has 1 aromatic rings. The number of amides is 1. The van der Waals surface area contributed by atoms with E-state index >= 15 is 0 Å². The zero-order valence-corrected chi connectivity index (χ0v) is 13.8. The maximum Gasteiger partial charge on any atom is 0.407 e. The number of carbonyl (C=O) groups excluding carboxylic acids is 1. The highest BCUT2D eigenvalue weighted by molar-refractivity contribution is 5.70. The second kappa shape index (κ2) is 5.85. The molecule has 0 aliphatic heterocycles. The minimum atomic E-state index is -0.642. The fourth-order valence-electron chi connectivity index (χ4n) is 4.16. The lowest BCUT2D eigenvalue weighted by atomic mass is 9.60. The van der Waals surface area contributed by atoms with Gasteiger partial charge in [-0.1, -0.05) is 6.08 Å². The molecular weight excluding hydrogens is 294 g/mol. The molecule has 2 aliphatic rings. The monoisotopic (exact) mass is 317 g/mol. The van der Waals surface area contributed by atoms with Crippen LogP contribution in [-0.4, -0.2) is 31.3 Å². The maximum absolute atomic E-state index is 12.0. The summed E-state index contributed by atoms with van der Waals surface area (Å²) in [4.78, 5) is 16.6. The van der Waals surface area contributed by atoms with Crippen molar-refractivity contribution in [3.05, 3.63) is 35.0 Å². The molecule has 3 atom stereocenters. The van der Waals surface area contributed by atoms with Crippen molar-refractivity contribution in [2.45, 2.75) is 37.8 Å². The first-order valence-electron chi connectivity index (χ1n) is 7.86. The zero-order valence-electron chi connectivity index (χ0n) is 13.8. The molecule has 2 bridgehead atoms. The number of methoxy groups -OCH3 is 2. The second-order valence-corrected chi connectivity index (χ2v) is 6.21. The Morgan fingerprint density at radius 1 is 1.48 bits per heavy atom. The van der Waals surface area contributed by atoms with Crippen LogP contribution in [-0.2, 0) is 16.7 Å². The highest BCUT2D eigenvalue weighted by Gasteiger charge is 2.50. The van der Waals surface area contributed by atoms with Crippen molar-refractivity contribution in [1.29, 1.82) is 0 Å². The van der Waals surface area contributed by atoms with Gasteiger partial charge in [-0.25, -0.2) is 9.78 Å². The summed E-state index contributed by atoms with van der Waals surface area (Å²) in [5, 5.41) is 3.05. The molecule has 3 rings (SSSR count). The fourth-order valence-corrected chi connectivity index (χ4v) is 4.16. The van der Waals surface area contributed by atoms with Gasteiger partial charge in [0.05, 0.1) is 25.5 Å². The van der Waals surface area contributed by atoms with Gasteiger partial charge in [0.25, 0.3) is 0 Å². The SMILES string of the molecule is CC=C1[C@H]2Cc3nc(OC)ccc3[C@]1(NC(=O)OC)C[C@@H](N)C2. The molecule has 2 aliphatic carbocycles. The molecule has 0 aromatic carbocycles. The van der Waals surface area contributed by atoms with Crippen molar-refractivity contribution < 1.29 is 14.3 Å². The van der Waals surface area contributed by atoms with E-state index in [9.17, 15) is 4.79 Å². The number of hydrogen-bond donors (Lipinski definition) is 2. The fraction of sp³-hybridized carbons (Fsp3) is 0.529. The first kappa shape index (κ1) is 15.8. The zero-order chi connectivity index (χ0) is 16.6. The van der Waals surface area contributed by atoms with Crippen molar-refractivity contribution >= 4 is 6.09 Å². The molecule has 6 heteroatoms. The van der Waals surface area contributed by atoms with E-state index in [1.165, 1.54) is 12.7 Å². The predicted octanol–water partition coefficient (Wildman–Crippen LogP) is 1.88. The summed E-state index contributed by atoms with van der Waals surface area (Å²) in [5.41, 5.74) is 8.80. The highest BCUT2D eigenvalue weighted by atomic mass is 16.5. The van der Waals surface area contributed by atoms with Crippen LogP contribution in [0.15, 0.2) is 23.8 Å². The first-order chi connectivity index (χ1) is 11.0. The summed E-state index contributed by atoms with van der Waals surface area (Å²) in [6.45, 7) is 2.01. The Balaban J connectivity index is 2.18. The van der Waals surface area contributed by atoms with Crippen LogP contribution in [0.1, 0.15) is 31.0 Å². The number of carbonyl (C=O) groups is 1. The van der Waals surface area contributed by atoms with Crippen molar-refractivity contribution in [2.24, 2.45) is 11.7 Å². The number of ether oxygens (including phenoxy) is 2. The molecule has 1 heterocycles. The number of hydrogen-bond acceptors (Lipinski definition) is 5. The lowest BCUT2D eigenvalue weighted by molar-refractivity contribution is 0.144. The smallest absolute Gasteiger partial charge is 0.407 e. The number of nitrogens with two attached hydrogens (primary N) is 1. The Morgan fingerprint density at radius 2 is 2.26 bits per heavy atom. The van der Waals surface area contributed by atoms with Gasteiger partial charge < -0.3 is 20.5 Å². The number of nitrogens with one attached hydrogen (secondary N) is 1. The molecule has 1 saturated carbocycles. The Kier molecular flexibility index (Phi) is 4.02. The molecule has 0 radical (unpaired) electrons. The van der Waals surface area contributed by atoms with E-state index in [1.54, 1.807) is 7.11 Å². The van der Waals surface area contributed by atoms with Gasteiger partial charge in [0, 0.05) is 17.7 Å². The van der Waals surface area contributed by atoms with E-state index in [1.807, 2.05) is 19.1 Å². The first-order valence-corrected chi connectivity index (χ1v) is 7.86. The van der Waals surface area contributed by atoms with Gasteiger partial charge in [-0.3, -0.25) is 0 Å². The van der Waals surface area contributed by atoms with Crippen molar-refractivity contribution in [3.8, 4) is 5.88 Å². The molecule has 0 spiro atoms. The summed E-state index contributed by atoms with van der Waals surface area (Å²) < 4.78 is 10.1. The van der Waals surface area contributed by atoms with Crippen LogP contribution in [0.5, 0.6) is 5.88 Å². The average Bonchev–Trinajstić information content (AvgIpc) is 2.53. The molecule has 23 heavy (non-hydrogen) atoms. The summed E-state index contributed by atoms with van der Waals surface area (Å²) in [5.74, 6) is 0.858. The molecular formula is C17H23N3O3. The predicted molar refractivity (Wildman–Crippen MR) is 86.2 cm³/mol. The quantitative estimate of drug-likeness (QED) is 0.813. The van der Waals surface area contributed by atoms with Gasteiger partial charge in [-0.2, -0.15) is 0 Å². The minimum absolute atomic E-state index is 0.0242. The van der Waals surface area contributed by atoms with Crippen LogP contribution in [0.3, 0.4) is 0 Å². The van der Waals surface area contributed by atoms with E-state index in [2.05, 4.69) is 16.4 Å². The molecule has 3 N–H and O–H groups in total. The van der Waals surface area contributed by atoms with Gasteiger partial charge in [-0.15, -0.1) is 0 Å². The van der Waals surface area contributed by atoms with Crippen LogP contribution >= 0.6 is 0 Å². The summed E-state index contributed by atoms with van der Waals surface area (Å²) in [6, 6.07) is 3.83. The number of alkyl carbamates (subject to hydrolysis) is 1. The van der Waals surface area contributed by atoms with Crippen molar-refractivity contribution in [3.63, 3.8) is 0 Å². The molecule has 1 amide bonds. The van der Waals surface area contributed by atoms with E-state index in [4.69, 9.17) is 15.2 Å². The number of allylic oxidation sites excluding steroid dienone is 1. The molecule has 0 saturated heterocycles. The normalized spacial score (nSPS) is 30.5. The third-order valence-electron chi connectivity index (χ3n) is 4.96. The Labute approximate surface area is 136 Å². The van der Waals surface area contributed by atoms with Crippen LogP contribution in [0.2, 0.25) is 0 Å². The van der Waals surface area contributed by atoms with Gasteiger partial charge >= 0.3 is 6.09 Å². The minimum Gasteiger partial charge on any atom is -0.481 e. The Hall–Kier alpha value is -2.08. The van der Waals surface area contributed by atoms with Crippen LogP contribution in [0, 0.1) is 5.92 Å². The largest absolute Gasteiger partial charge is 0.481 e. The molecule has 1 aromatic heterocycles. The number of rotatable bonds is 2. The van der Waals surface area contributed by atoms with Crippen LogP contribution in [0.25, 0.3) is 0 Å². The summed E-state index contributed by atoms with van der Waals surface area (Å²) in [6.07, 6.45) is 3.98. The number of aromatic nitrogens is 1. The summed E-state index contributed by atoms with van der Waals surface area (Å²) >= 11 is 0. The van der Waals surface area contributed by atoms with Gasteiger partial charge in [-0.05, 0) is 43.7 Å². The molecule has 6 nitrogen and oxygen atoms in total. The number of nitrogens with zero attached hydrogens (tertiary/aromatic N) is 1. The molecule has 1 fully saturated rings. The Bertz CT molecular complexity index is 658. The lowest BCUT2D eigenvalue weighted by Gasteiger charge is -2.50. The average molecular weight is 317 g/mol. The van der Waals surface area contributed by atoms with Crippen molar-refractivity contribution in [2.75, 3.05) is 14.2 Å². The van der Waals surface area contributed by atoms with Crippen LogP contribution < -0.4 is 15.8 Å². The van der Waals surface area contributed by atoms with E-state index in [0.717, 1.165) is 24.1 Å². The van der Waals surface area contributed by atoms with E-state index < -0.39 is 11.6 Å². The van der Waals surface area contributed by atoms with Crippen LogP contribution in [0.4, 0.5) is 4.79 Å². The maximum atomic E-state index is 12.0. The van der Waals surface area contributed by atoms with Gasteiger partial charge in [0.15, 0.2) is 0 Å². The van der Waals surface area contributed by atoms with E-state index in [0.29, 0.717) is 12.3 Å².